The SMILES string of the molecule is NC1CCCCCC1C(=O)NC1(C(=O)O)CCCCCC1. The van der Waals surface area contributed by atoms with Crippen LogP contribution in [0.1, 0.15) is 70.6 Å². The molecule has 2 aliphatic rings. The fraction of sp³-hybridized carbons (Fsp3) is 0.875. The minimum Gasteiger partial charge on any atom is -0.480 e. The van der Waals surface area contributed by atoms with E-state index in [-0.39, 0.29) is 17.9 Å². The Balaban J connectivity index is 2.08. The third-order valence-corrected chi connectivity index (χ3v) is 5.14. The Hall–Kier alpha value is -1.10. The number of carboxylic acids is 1. The van der Waals surface area contributed by atoms with E-state index in [1.807, 2.05) is 0 Å². The zero-order valence-electron chi connectivity index (χ0n) is 12.8. The lowest BCUT2D eigenvalue weighted by Gasteiger charge is -2.32. The van der Waals surface area contributed by atoms with Gasteiger partial charge in [0.1, 0.15) is 5.54 Å². The number of nitrogens with one attached hydrogen (secondary N) is 1. The molecule has 2 fully saturated rings. The maximum Gasteiger partial charge on any atom is 0.329 e. The molecule has 0 spiro atoms. The molecule has 2 rings (SSSR count). The van der Waals surface area contributed by atoms with Crippen molar-refractivity contribution < 1.29 is 14.7 Å². The first-order valence-corrected chi connectivity index (χ1v) is 8.36. The Bertz CT molecular complexity index is 376. The van der Waals surface area contributed by atoms with Gasteiger partial charge >= 0.3 is 5.97 Å². The van der Waals surface area contributed by atoms with Gasteiger partial charge < -0.3 is 16.2 Å². The first-order valence-electron chi connectivity index (χ1n) is 8.36. The molecule has 120 valence electrons. The number of amides is 1. The van der Waals surface area contributed by atoms with E-state index in [0.29, 0.717) is 12.8 Å². The molecule has 0 aromatic rings. The molecule has 0 saturated heterocycles. The van der Waals surface area contributed by atoms with Crippen molar-refractivity contribution in [3.8, 4) is 0 Å². The van der Waals surface area contributed by atoms with Crippen LogP contribution in [-0.2, 0) is 9.59 Å². The molecule has 0 bridgehead atoms. The largest absolute Gasteiger partial charge is 0.480 e. The normalized spacial score (nSPS) is 30.0. The van der Waals surface area contributed by atoms with E-state index in [0.717, 1.165) is 57.8 Å². The summed E-state index contributed by atoms with van der Waals surface area (Å²) in [5.41, 5.74) is 5.06. The van der Waals surface area contributed by atoms with Crippen LogP contribution in [0, 0.1) is 5.92 Å². The highest BCUT2D eigenvalue weighted by Crippen LogP contribution is 2.29. The molecule has 2 atom stereocenters. The van der Waals surface area contributed by atoms with Crippen LogP contribution >= 0.6 is 0 Å². The molecular formula is C16H28N2O3. The number of carboxylic acid groups (broad SMARTS) is 1. The maximum atomic E-state index is 12.6. The minimum absolute atomic E-state index is 0.135. The summed E-state index contributed by atoms with van der Waals surface area (Å²) >= 11 is 0. The molecule has 0 aromatic carbocycles. The number of carbonyl (C=O) groups is 2. The summed E-state index contributed by atoms with van der Waals surface area (Å²) in [5, 5.41) is 12.5. The van der Waals surface area contributed by atoms with Crippen molar-refractivity contribution in [1.29, 1.82) is 0 Å². The van der Waals surface area contributed by atoms with Gasteiger partial charge in [0.25, 0.3) is 0 Å². The zero-order valence-corrected chi connectivity index (χ0v) is 12.8. The fourth-order valence-corrected chi connectivity index (χ4v) is 3.71. The van der Waals surface area contributed by atoms with Crippen molar-refractivity contribution in [1.82, 2.24) is 5.32 Å². The van der Waals surface area contributed by atoms with Gasteiger partial charge in [0.2, 0.25) is 5.91 Å². The second kappa shape index (κ2) is 7.25. The summed E-state index contributed by atoms with van der Waals surface area (Å²) in [7, 11) is 0. The van der Waals surface area contributed by atoms with Crippen LogP contribution in [0.15, 0.2) is 0 Å². The predicted molar refractivity (Wildman–Crippen MR) is 80.8 cm³/mol. The molecule has 0 aliphatic heterocycles. The number of hydrogen-bond acceptors (Lipinski definition) is 3. The van der Waals surface area contributed by atoms with Crippen molar-refractivity contribution >= 4 is 11.9 Å². The van der Waals surface area contributed by atoms with E-state index in [4.69, 9.17) is 5.73 Å². The molecule has 5 heteroatoms. The summed E-state index contributed by atoms with van der Waals surface area (Å²) in [6.45, 7) is 0. The summed E-state index contributed by atoms with van der Waals surface area (Å²) in [6.07, 6.45) is 9.73. The van der Waals surface area contributed by atoms with Crippen LogP contribution in [0.2, 0.25) is 0 Å². The van der Waals surface area contributed by atoms with Gasteiger partial charge in [-0.3, -0.25) is 4.79 Å². The Labute approximate surface area is 126 Å². The van der Waals surface area contributed by atoms with E-state index in [2.05, 4.69) is 5.32 Å². The third kappa shape index (κ3) is 3.96. The van der Waals surface area contributed by atoms with Crippen LogP contribution in [0.25, 0.3) is 0 Å². The van der Waals surface area contributed by atoms with E-state index >= 15 is 0 Å². The summed E-state index contributed by atoms with van der Waals surface area (Å²) in [5.74, 6) is -1.26. The van der Waals surface area contributed by atoms with Gasteiger partial charge in [-0.25, -0.2) is 4.79 Å². The Morgan fingerprint density at radius 1 is 0.952 bits per heavy atom. The van der Waals surface area contributed by atoms with Gasteiger partial charge in [0, 0.05) is 6.04 Å². The van der Waals surface area contributed by atoms with Crippen LogP contribution in [0.5, 0.6) is 0 Å². The quantitative estimate of drug-likeness (QED) is 0.696. The molecule has 4 N–H and O–H groups in total. The van der Waals surface area contributed by atoms with Crippen molar-refractivity contribution in [3.63, 3.8) is 0 Å². The van der Waals surface area contributed by atoms with Crippen molar-refractivity contribution in [2.75, 3.05) is 0 Å². The second-order valence-corrected chi connectivity index (χ2v) is 6.70. The molecule has 0 aromatic heterocycles. The lowest BCUT2D eigenvalue weighted by Crippen LogP contribution is -2.57. The van der Waals surface area contributed by atoms with Gasteiger partial charge in [-0.1, -0.05) is 44.9 Å². The summed E-state index contributed by atoms with van der Waals surface area (Å²) < 4.78 is 0. The van der Waals surface area contributed by atoms with E-state index in [9.17, 15) is 14.7 Å². The molecular weight excluding hydrogens is 268 g/mol. The Morgan fingerprint density at radius 3 is 2.14 bits per heavy atom. The van der Waals surface area contributed by atoms with Gasteiger partial charge in [0.05, 0.1) is 5.92 Å². The predicted octanol–water partition coefficient (Wildman–Crippen LogP) is 2.19. The molecule has 21 heavy (non-hydrogen) atoms. The Morgan fingerprint density at radius 2 is 1.52 bits per heavy atom. The highest BCUT2D eigenvalue weighted by atomic mass is 16.4. The molecule has 2 aliphatic carbocycles. The zero-order chi connectivity index (χ0) is 15.3. The van der Waals surface area contributed by atoms with Crippen molar-refractivity contribution in [3.05, 3.63) is 0 Å². The molecule has 2 unspecified atom stereocenters. The number of rotatable bonds is 3. The highest BCUT2D eigenvalue weighted by Gasteiger charge is 2.42. The standard InChI is InChI=1S/C16H28N2O3/c17-13-9-5-3-4-8-12(13)14(19)18-16(15(20)21)10-6-1-2-7-11-16/h12-13H,1-11,17H2,(H,18,19)(H,20,21). The monoisotopic (exact) mass is 296 g/mol. The van der Waals surface area contributed by atoms with E-state index in [1.54, 1.807) is 0 Å². The Kier molecular flexibility index (Phi) is 5.62. The van der Waals surface area contributed by atoms with Gasteiger partial charge in [-0.15, -0.1) is 0 Å². The lowest BCUT2D eigenvalue weighted by molar-refractivity contribution is -0.149. The molecule has 0 radical (unpaired) electrons. The maximum absolute atomic E-state index is 12.6. The minimum atomic E-state index is -1.07. The first-order chi connectivity index (χ1) is 10.1. The third-order valence-electron chi connectivity index (χ3n) is 5.14. The van der Waals surface area contributed by atoms with E-state index < -0.39 is 11.5 Å². The van der Waals surface area contributed by atoms with Gasteiger partial charge in [-0.05, 0) is 25.7 Å². The van der Waals surface area contributed by atoms with Crippen LogP contribution in [0.3, 0.4) is 0 Å². The van der Waals surface area contributed by atoms with Crippen LogP contribution in [0.4, 0.5) is 0 Å². The van der Waals surface area contributed by atoms with Crippen molar-refractivity contribution in [2.24, 2.45) is 11.7 Å². The second-order valence-electron chi connectivity index (χ2n) is 6.70. The smallest absolute Gasteiger partial charge is 0.329 e. The fourth-order valence-electron chi connectivity index (χ4n) is 3.71. The summed E-state index contributed by atoms with van der Waals surface area (Å²) in [6, 6.07) is -0.135. The van der Waals surface area contributed by atoms with Crippen LogP contribution in [-0.4, -0.2) is 28.6 Å². The highest BCUT2D eigenvalue weighted by molar-refractivity contribution is 5.88. The van der Waals surface area contributed by atoms with Crippen LogP contribution < -0.4 is 11.1 Å². The number of hydrogen-bond donors (Lipinski definition) is 3. The average Bonchev–Trinajstić information content (AvgIpc) is 2.80. The van der Waals surface area contributed by atoms with Crippen molar-refractivity contribution in [2.45, 2.75) is 82.2 Å². The summed E-state index contributed by atoms with van der Waals surface area (Å²) in [4.78, 5) is 24.3. The molecule has 2 saturated carbocycles. The number of nitrogens with two attached hydrogens (primary N) is 1. The number of aliphatic carboxylic acids is 1. The topological polar surface area (TPSA) is 92.4 Å². The molecule has 1 amide bonds. The first kappa shape index (κ1) is 16.3. The lowest BCUT2D eigenvalue weighted by atomic mass is 9.87. The van der Waals surface area contributed by atoms with E-state index in [1.165, 1.54) is 0 Å². The average molecular weight is 296 g/mol. The van der Waals surface area contributed by atoms with Gasteiger partial charge in [0.15, 0.2) is 0 Å². The number of carbonyl (C=O) groups excluding carboxylic acids is 1. The molecule has 0 heterocycles. The van der Waals surface area contributed by atoms with Gasteiger partial charge in [-0.2, -0.15) is 0 Å². The molecule has 5 nitrogen and oxygen atoms in total.